The maximum absolute atomic E-state index is 14.2. The summed E-state index contributed by atoms with van der Waals surface area (Å²) in [6, 6.07) is 9.64. The Morgan fingerprint density at radius 3 is 2.47 bits per heavy atom. The van der Waals surface area contributed by atoms with Crippen LogP contribution in [0.25, 0.3) is 0 Å². The highest BCUT2D eigenvalue weighted by Crippen LogP contribution is 2.47. The molecule has 0 radical (unpaired) electrons. The number of hydrogen-bond acceptors (Lipinski definition) is 3. The number of rotatable bonds is 2. The van der Waals surface area contributed by atoms with Gasteiger partial charge >= 0.3 is 0 Å². The van der Waals surface area contributed by atoms with Crippen LogP contribution in [0.2, 0.25) is 0 Å². The van der Waals surface area contributed by atoms with Crippen molar-refractivity contribution in [1.29, 1.82) is 0 Å². The Bertz CT molecular complexity index is 1030. The molecule has 1 aliphatic heterocycles. The number of hydrogen-bond donors (Lipinski definition) is 1. The summed E-state index contributed by atoms with van der Waals surface area (Å²) in [7, 11) is 0. The Kier molecular flexibility index (Phi) is 5.18. The van der Waals surface area contributed by atoms with Crippen LogP contribution < -0.4 is 10.2 Å². The summed E-state index contributed by atoms with van der Waals surface area (Å²) in [5, 5.41) is 3.33. The lowest BCUT2D eigenvalue weighted by Crippen LogP contribution is -2.44. The summed E-state index contributed by atoms with van der Waals surface area (Å²) in [5.74, 6) is -2.84. The summed E-state index contributed by atoms with van der Waals surface area (Å²) >= 11 is 0. The van der Waals surface area contributed by atoms with Crippen LogP contribution in [0.15, 0.2) is 54.2 Å². The summed E-state index contributed by atoms with van der Waals surface area (Å²) in [6.45, 7) is 5.50. The summed E-state index contributed by atoms with van der Waals surface area (Å²) in [4.78, 5) is 28.2. The van der Waals surface area contributed by atoms with E-state index in [0.29, 0.717) is 23.5 Å². The van der Waals surface area contributed by atoms with E-state index in [1.165, 1.54) is 12.1 Å². The van der Waals surface area contributed by atoms with Gasteiger partial charge in [-0.1, -0.05) is 39.0 Å². The second-order valence-electron chi connectivity index (χ2n) is 8.40. The number of allylic oxidation sites excluding steroid dienone is 1. The molecule has 1 amide bonds. The van der Waals surface area contributed by atoms with Gasteiger partial charge in [-0.15, -0.1) is 0 Å². The third kappa shape index (κ3) is 3.51. The molecule has 0 bridgehead atoms. The SMILES string of the molecule is CC(C)C(=O)N1c2ccccc2NC2=C[C@H](C)CC(=O)[C@H]2[C@@H]1c1cc(F)cc(F)c1. The standard InChI is InChI=1S/C24H24F2N2O2/c1-13(2)24(30)28-20-7-5-4-6-18(20)27-19-8-14(3)9-21(29)22(19)23(28)15-10-16(25)12-17(26)11-15/h4-8,10-14,22-23,27H,9H2,1-3H3/t14-,22-,23-/m0/s1. The number of amides is 1. The molecule has 4 rings (SSSR count). The normalized spacial score (nSPS) is 23.3. The molecule has 0 saturated carbocycles. The smallest absolute Gasteiger partial charge is 0.230 e. The molecule has 0 fully saturated rings. The first kappa shape index (κ1) is 20.3. The minimum Gasteiger partial charge on any atom is -0.357 e. The first-order valence-electron chi connectivity index (χ1n) is 10.2. The molecule has 0 spiro atoms. The zero-order valence-electron chi connectivity index (χ0n) is 17.2. The van der Waals surface area contributed by atoms with Crippen LogP contribution in [0.3, 0.4) is 0 Å². The first-order valence-corrected chi connectivity index (χ1v) is 10.2. The van der Waals surface area contributed by atoms with Gasteiger partial charge in [0.15, 0.2) is 0 Å². The van der Waals surface area contributed by atoms with E-state index >= 15 is 0 Å². The molecule has 4 nitrogen and oxygen atoms in total. The Labute approximate surface area is 174 Å². The highest BCUT2D eigenvalue weighted by molar-refractivity contribution is 6.01. The molecule has 2 aliphatic rings. The number of para-hydroxylation sites is 2. The van der Waals surface area contributed by atoms with Gasteiger partial charge in [-0.05, 0) is 35.7 Å². The van der Waals surface area contributed by atoms with E-state index < -0.39 is 23.6 Å². The van der Waals surface area contributed by atoms with Crippen molar-refractivity contribution in [2.75, 3.05) is 10.2 Å². The minimum absolute atomic E-state index is 0.0284. The van der Waals surface area contributed by atoms with E-state index in [-0.39, 0.29) is 29.1 Å². The van der Waals surface area contributed by atoms with Gasteiger partial charge < -0.3 is 10.2 Å². The zero-order valence-corrected chi connectivity index (χ0v) is 17.2. The van der Waals surface area contributed by atoms with E-state index in [1.54, 1.807) is 30.9 Å². The van der Waals surface area contributed by atoms with Crippen LogP contribution >= 0.6 is 0 Å². The number of benzene rings is 2. The number of halogens is 2. The molecule has 1 N–H and O–H groups in total. The molecule has 2 aromatic rings. The number of anilines is 2. The Balaban J connectivity index is 2.02. The number of nitrogens with one attached hydrogen (secondary N) is 1. The molecular formula is C24H24F2N2O2. The van der Waals surface area contributed by atoms with Crippen LogP contribution in [0.5, 0.6) is 0 Å². The van der Waals surface area contributed by atoms with Crippen molar-refractivity contribution < 1.29 is 18.4 Å². The summed E-state index contributed by atoms with van der Waals surface area (Å²) in [5.41, 5.74) is 2.20. The number of nitrogens with zero attached hydrogens (tertiary/aromatic N) is 1. The van der Waals surface area contributed by atoms with Crippen LogP contribution in [0, 0.1) is 29.4 Å². The van der Waals surface area contributed by atoms with Crippen molar-refractivity contribution >= 4 is 23.1 Å². The lowest BCUT2D eigenvalue weighted by Gasteiger charge is -2.38. The maximum Gasteiger partial charge on any atom is 0.230 e. The fraction of sp³-hybridized carbons (Fsp3) is 0.333. The molecule has 156 valence electrons. The topological polar surface area (TPSA) is 49.4 Å². The fourth-order valence-electron chi connectivity index (χ4n) is 4.42. The van der Waals surface area contributed by atoms with E-state index in [4.69, 9.17) is 0 Å². The molecule has 30 heavy (non-hydrogen) atoms. The quantitative estimate of drug-likeness (QED) is 0.738. The van der Waals surface area contributed by atoms with E-state index in [0.717, 1.165) is 6.07 Å². The molecule has 3 atom stereocenters. The molecule has 2 aromatic carbocycles. The highest BCUT2D eigenvalue weighted by Gasteiger charge is 2.44. The number of fused-ring (bicyclic) bond motifs is 2. The van der Waals surface area contributed by atoms with Gasteiger partial charge in [0.2, 0.25) is 5.91 Å². The molecule has 1 heterocycles. The lowest BCUT2D eigenvalue weighted by atomic mass is 9.78. The number of carbonyl (C=O) groups excluding carboxylic acids is 2. The van der Waals surface area contributed by atoms with Gasteiger partial charge in [0, 0.05) is 24.1 Å². The van der Waals surface area contributed by atoms with E-state index in [9.17, 15) is 18.4 Å². The van der Waals surface area contributed by atoms with Crippen LogP contribution in [0.1, 0.15) is 38.8 Å². The third-order valence-corrected chi connectivity index (χ3v) is 5.66. The van der Waals surface area contributed by atoms with Gasteiger partial charge in [0.25, 0.3) is 0 Å². The highest BCUT2D eigenvalue weighted by atomic mass is 19.1. The Morgan fingerprint density at radius 1 is 1.13 bits per heavy atom. The van der Waals surface area contributed by atoms with Crippen molar-refractivity contribution in [3.63, 3.8) is 0 Å². The predicted molar refractivity (Wildman–Crippen MR) is 112 cm³/mol. The van der Waals surface area contributed by atoms with Gasteiger partial charge in [-0.3, -0.25) is 9.59 Å². The van der Waals surface area contributed by atoms with Gasteiger partial charge in [0.1, 0.15) is 17.4 Å². The van der Waals surface area contributed by atoms with Crippen molar-refractivity contribution in [1.82, 2.24) is 0 Å². The fourth-order valence-corrected chi connectivity index (χ4v) is 4.42. The molecule has 0 saturated heterocycles. The van der Waals surface area contributed by atoms with Crippen LogP contribution in [0.4, 0.5) is 20.2 Å². The number of ketones is 1. The Hall–Kier alpha value is -3.02. The first-order chi connectivity index (χ1) is 14.3. The Morgan fingerprint density at radius 2 is 1.80 bits per heavy atom. The van der Waals surface area contributed by atoms with Crippen molar-refractivity contribution in [2.24, 2.45) is 17.8 Å². The second kappa shape index (κ2) is 7.67. The third-order valence-electron chi connectivity index (χ3n) is 5.66. The maximum atomic E-state index is 14.2. The predicted octanol–water partition coefficient (Wildman–Crippen LogP) is 5.23. The van der Waals surface area contributed by atoms with Crippen LogP contribution in [-0.4, -0.2) is 11.7 Å². The molecule has 6 heteroatoms. The largest absolute Gasteiger partial charge is 0.357 e. The van der Waals surface area contributed by atoms with Gasteiger partial charge in [-0.2, -0.15) is 0 Å². The lowest BCUT2D eigenvalue weighted by molar-refractivity contribution is -0.125. The van der Waals surface area contributed by atoms with E-state index in [1.807, 2.05) is 25.1 Å². The number of carbonyl (C=O) groups is 2. The van der Waals surface area contributed by atoms with Crippen molar-refractivity contribution in [3.05, 3.63) is 71.4 Å². The molecule has 1 aliphatic carbocycles. The van der Waals surface area contributed by atoms with Crippen molar-refractivity contribution in [2.45, 2.75) is 33.2 Å². The van der Waals surface area contributed by atoms with E-state index in [2.05, 4.69) is 5.32 Å². The number of Topliss-reactive ketones (excluding diaryl/α,β-unsaturated/α-hetero) is 1. The molecular weight excluding hydrogens is 386 g/mol. The minimum atomic E-state index is -0.854. The second-order valence-corrected chi connectivity index (χ2v) is 8.40. The summed E-state index contributed by atoms with van der Waals surface area (Å²) < 4.78 is 28.4. The van der Waals surface area contributed by atoms with Crippen LogP contribution in [-0.2, 0) is 9.59 Å². The average Bonchev–Trinajstić information content (AvgIpc) is 2.80. The monoisotopic (exact) mass is 410 g/mol. The van der Waals surface area contributed by atoms with Gasteiger partial charge in [-0.25, -0.2) is 8.78 Å². The summed E-state index contributed by atoms with van der Waals surface area (Å²) in [6.07, 6.45) is 2.29. The van der Waals surface area contributed by atoms with Crippen molar-refractivity contribution in [3.8, 4) is 0 Å². The van der Waals surface area contributed by atoms with Gasteiger partial charge in [0.05, 0.1) is 23.3 Å². The average molecular weight is 410 g/mol. The molecule has 0 aromatic heterocycles. The molecule has 0 unspecified atom stereocenters. The zero-order chi connectivity index (χ0) is 21.6.